The van der Waals surface area contributed by atoms with E-state index in [0.717, 1.165) is 12.8 Å². The number of halogens is 1. The second-order valence-electron chi connectivity index (χ2n) is 7.65. The minimum Gasteiger partial charge on any atom is -1.00 e. The minimum atomic E-state index is -1.31. The van der Waals surface area contributed by atoms with Crippen molar-refractivity contribution in [3.8, 4) is 0 Å². The number of hydrogen-bond acceptors (Lipinski definition) is 1. The van der Waals surface area contributed by atoms with Gasteiger partial charge in [0.25, 0.3) is 0 Å². The lowest BCUT2D eigenvalue weighted by atomic mass is 10.1. The summed E-state index contributed by atoms with van der Waals surface area (Å²) in [6, 6.07) is 22.1. The van der Waals surface area contributed by atoms with E-state index in [4.69, 9.17) is 5.11 Å². The van der Waals surface area contributed by atoms with Gasteiger partial charge in [0.15, 0.2) is 0 Å². The van der Waals surface area contributed by atoms with Gasteiger partial charge in [0, 0.05) is 6.54 Å². The molecule has 29 heavy (non-hydrogen) atoms. The fourth-order valence-electron chi connectivity index (χ4n) is 3.73. The maximum atomic E-state index is 10.4. The summed E-state index contributed by atoms with van der Waals surface area (Å²) in [5.74, 6) is 0. The van der Waals surface area contributed by atoms with Crippen LogP contribution in [0.5, 0.6) is 0 Å². The average molecular weight is 480 g/mol. The normalized spacial score (nSPS) is 10.9. The zero-order valence-electron chi connectivity index (χ0n) is 17.5. The van der Waals surface area contributed by atoms with E-state index in [0.29, 0.717) is 6.54 Å². The van der Waals surface area contributed by atoms with Crippen LogP contribution in [0.1, 0.15) is 51.4 Å². The largest absolute Gasteiger partial charge is 1.00 e. The number of hydrogen-bond donors (Lipinski definition) is 2. The molecule has 2 aromatic rings. The van der Waals surface area contributed by atoms with Gasteiger partial charge in [-0.1, -0.05) is 68.5 Å². The monoisotopic (exact) mass is 479 g/mol. The standard InChI is InChI=1S/C24H34NO2P.BrH/c1-28(22-16-10-8-11-17-22,23-18-12-9-13-19-23)21-15-7-5-3-2-4-6-14-20-25-24(26)27;/h8-13,16-19,25H,2-7,14-15,20-21H2,1H3;1H. The maximum Gasteiger partial charge on any atom is 0.404 e. The van der Waals surface area contributed by atoms with Crippen LogP contribution < -0.4 is 32.9 Å². The van der Waals surface area contributed by atoms with E-state index in [1.165, 1.54) is 55.3 Å². The van der Waals surface area contributed by atoms with Crippen molar-refractivity contribution >= 4 is 24.0 Å². The van der Waals surface area contributed by atoms with Crippen molar-refractivity contribution in [2.24, 2.45) is 0 Å². The number of nitrogens with one attached hydrogen (secondary N) is 1. The summed E-state index contributed by atoms with van der Waals surface area (Å²) in [5.41, 5.74) is 0. The molecule has 3 nitrogen and oxygen atoms in total. The summed E-state index contributed by atoms with van der Waals surface area (Å²) in [6.07, 6.45) is 10.1. The lowest BCUT2D eigenvalue weighted by Gasteiger charge is -2.23. The average Bonchev–Trinajstić information content (AvgIpc) is 2.73. The molecular weight excluding hydrogens is 445 g/mol. The minimum absolute atomic E-state index is 0. The van der Waals surface area contributed by atoms with Crippen molar-refractivity contribution in [2.75, 3.05) is 19.4 Å². The highest BCUT2D eigenvalue weighted by Crippen LogP contribution is 2.53. The molecule has 160 valence electrons. The van der Waals surface area contributed by atoms with E-state index in [9.17, 15) is 4.79 Å². The van der Waals surface area contributed by atoms with E-state index in [1.54, 1.807) is 0 Å². The van der Waals surface area contributed by atoms with Crippen molar-refractivity contribution in [2.45, 2.75) is 51.4 Å². The fourth-order valence-corrected chi connectivity index (χ4v) is 7.06. The van der Waals surface area contributed by atoms with E-state index in [1.807, 2.05) is 0 Å². The van der Waals surface area contributed by atoms with Crippen LogP contribution in [0.3, 0.4) is 0 Å². The van der Waals surface area contributed by atoms with Crippen LogP contribution in [0.25, 0.3) is 0 Å². The Hall–Kier alpha value is -1.38. The van der Waals surface area contributed by atoms with Crippen molar-refractivity contribution < 1.29 is 26.9 Å². The molecule has 0 saturated carbocycles. The van der Waals surface area contributed by atoms with E-state index >= 15 is 0 Å². The van der Waals surface area contributed by atoms with Gasteiger partial charge in [-0.3, -0.25) is 0 Å². The third-order valence-corrected chi connectivity index (χ3v) is 9.55. The quantitative estimate of drug-likeness (QED) is 0.342. The zero-order chi connectivity index (χ0) is 20.1. The molecule has 0 aliphatic rings. The number of carbonyl (C=O) groups is 1. The van der Waals surface area contributed by atoms with Crippen molar-refractivity contribution in [1.82, 2.24) is 5.32 Å². The van der Waals surface area contributed by atoms with Gasteiger partial charge in [0.2, 0.25) is 0 Å². The fraction of sp³-hybridized carbons (Fsp3) is 0.458. The number of rotatable bonds is 13. The van der Waals surface area contributed by atoms with Crippen LogP contribution in [0.2, 0.25) is 0 Å². The molecule has 0 aliphatic heterocycles. The van der Waals surface area contributed by atoms with Gasteiger partial charge in [-0.2, -0.15) is 0 Å². The Balaban J connectivity index is 0.00000420. The number of amides is 1. The van der Waals surface area contributed by atoms with E-state index in [-0.39, 0.29) is 17.0 Å². The number of unbranched alkanes of at least 4 members (excludes halogenated alkanes) is 7. The summed E-state index contributed by atoms with van der Waals surface area (Å²) >= 11 is 0. The summed E-state index contributed by atoms with van der Waals surface area (Å²) in [6.45, 7) is 3.07. The molecule has 0 radical (unpaired) electrons. The molecule has 2 N–H and O–H groups in total. The summed E-state index contributed by atoms with van der Waals surface area (Å²) in [5, 5.41) is 14.0. The van der Waals surface area contributed by atoms with Gasteiger partial charge in [0.05, 0.1) is 30.7 Å². The molecule has 0 bridgehead atoms. The molecular formula is C24H35BrNO2P. The first-order valence-electron chi connectivity index (χ1n) is 10.6. The van der Waals surface area contributed by atoms with Gasteiger partial charge in [-0.05, 0) is 43.5 Å². The highest BCUT2D eigenvalue weighted by Gasteiger charge is 2.36. The SMILES string of the molecule is C[P+](CCCCCCCCCCNC(=O)O)(c1ccccc1)c1ccccc1.[Br-]. The molecule has 0 atom stereocenters. The Bertz CT molecular complexity index is 642. The lowest BCUT2D eigenvalue weighted by molar-refractivity contribution is -0.0000121. The maximum absolute atomic E-state index is 10.4. The van der Waals surface area contributed by atoms with Gasteiger partial charge >= 0.3 is 6.09 Å². The molecule has 0 saturated heterocycles. The smallest absolute Gasteiger partial charge is 0.404 e. The third-order valence-electron chi connectivity index (χ3n) is 5.46. The predicted octanol–water partition coefficient (Wildman–Crippen LogP) is 2.68. The van der Waals surface area contributed by atoms with Crippen LogP contribution in [0, 0.1) is 0 Å². The highest BCUT2D eigenvalue weighted by molar-refractivity contribution is 7.88. The third kappa shape index (κ3) is 9.31. The Morgan fingerprint density at radius 1 is 0.759 bits per heavy atom. The zero-order valence-corrected chi connectivity index (χ0v) is 20.0. The summed E-state index contributed by atoms with van der Waals surface area (Å²) in [4.78, 5) is 10.4. The molecule has 5 heteroatoms. The molecule has 2 aromatic carbocycles. The molecule has 2 rings (SSSR count). The molecule has 0 aromatic heterocycles. The van der Waals surface area contributed by atoms with Crippen LogP contribution in [0.15, 0.2) is 60.7 Å². The molecule has 0 heterocycles. The van der Waals surface area contributed by atoms with Crippen LogP contribution in [-0.4, -0.2) is 30.6 Å². The second-order valence-corrected chi connectivity index (χ2v) is 11.5. The second kappa shape index (κ2) is 14.6. The first-order chi connectivity index (χ1) is 13.6. The van der Waals surface area contributed by atoms with Crippen LogP contribution >= 0.6 is 7.26 Å². The molecule has 1 amide bonds. The van der Waals surface area contributed by atoms with E-state index in [2.05, 4.69) is 72.6 Å². The molecule has 0 unspecified atom stereocenters. The van der Waals surface area contributed by atoms with Gasteiger partial charge < -0.3 is 27.4 Å². The van der Waals surface area contributed by atoms with Gasteiger partial charge in [-0.15, -0.1) is 0 Å². The van der Waals surface area contributed by atoms with Crippen molar-refractivity contribution in [1.29, 1.82) is 0 Å². The van der Waals surface area contributed by atoms with Crippen LogP contribution in [0.4, 0.5) is 4.79 Å². The van der Waals surface area contributed by atoms with E-state index < -0.39 is 13.4 Å². The Morgan fingerprint density at radius 3 is 1.62 bits per heavy atom. The topological polar surface area (TPSA) is 49.3 Å². The van der Waals surface area contributed by atoms with Gasteiger partial charge in [0.1, 0.15) is 0 Å². The van der Waals surface area contributed by atoms with Crippen molar-refractivity contribution in [3.63, 3.8) is 0 Å². The molecule has 0 aliphatic carbocycles. The first-order valence-corrected chi connectivity index (χ1v) is 13.0. The molecule has 0 spiro atoms. The lowest BCUT2D eigenvalue weighted by Crippen LogP contribution is -3.00. The Morgan fingerprint density at radius 2 is 1.17 bits per heavy atom. The predicted molar refractivity (Wildman–Crippen MR) is 123 cm³/mol. The van der Waals surface area contributed by atoms with Crippen molar-refractivity contribution in [3.05, 3.63) is 60.7 Å². The Kier molecular flexibility index (Phi) is 12.9. The first kappa shape index (κ1) is 25.7. The summed E-state index contributed by atoms with van der Waals surface area (Å²) < 4.78 is 0. The highest BCUT2D eigenvalue weighted by atomic mass is 79.9. The Labute approximate surface area is 187 Å². The van der Waals surface area contributed by atoms with Crippen LogP contribution in [-0.2, 0) is 0 Å². The summed E-state index contributed by atoms with van der Waals surface area (Å²) in [7, 11) is -1.31. The number of benzene rings is 2. The number of carboxylic acid groups (broad SMARTS) is 1. The molecule has 0 fully saturated rings. The van der Waals surface area contributed by atoms with Gasteiger partial charge in [-0.25, -0.2) is 4.79 Å².